The van der Waals surface area contributed by atoms with E-state index in [0.717, 1.165) is 8.58 Å². The van der Waals surface area contributed by atoms with Crippen molar-refractivity contribution in [2.24, 2.45) is 5.18 Å². The monoisotopic (exact) mass is 153 g/mol. The van der Waals surface area contributed by atoms with Gasteiger partial charge in [0.2, 0.25) is 0 Å². The van der Waals surface area contributed by atoms with Gasteiger partial charge < -0.3 is 0 Å². The lowest BCUT2D eigenvalue weighted by atomic mass is 10.3. The van der Waals surface area contributed by atoms with Crippen LogP contribution in [0.25, 0.3) is 0 Å². The number of nitroso groups, excluding NO2 is 1. The van der Waals surface area contributed by atoms with E-state index in [4.69, 9.17) is 0 Å². The fraction of sp³-hybridized carbons (Fsp3) is 0.143. The lowest BCUT2D eigenvalue weighted by Crippen LogP contribution is -1.89. The van der Waals surface area contributed by atoms with E-state index in [2.05, 4.69) is 11.8 Å². The second-order valence-corrected chi connectivity index (χ2v) is 2.97. The van der Waals surface area contributed by atoms with Crippen LogP contribution >= 0.6 is 8.58 Å². The highest BCUT2D eigenvalue weighted by molar-refractivity contribution is 7.46. The molecule has 0 aliphatic carbocycles. The number of nitrogens with zero attached hydrogens (tertiary/aromatic N) is 1. The van der Waals surface area contributed by atoms with Gasteiger partial charge in [0.25, 0.3) is 0 Å². The Morgan fingerprint density at radius 2 is 2.30 bits per heavy atom. The Balaban J connectivity index is 2.98. The minimum atomic E-state index is 0.520. The van der Waals surface area contributed by atoms with Crippen molar-refractivity contribution in [3.63, 3.8) is 0 Å². The Hall–Kier alpha value is -0.750. The van der Waals surface area contributed by atoms with Crippen LogP contribution in [0.3, 0.4) is 0 Å². The third-order valence-corrected chi connectivity index (χ3v) is 2.13. The average Bonchev–Trinajstić information content (AvgIpc) is 2.05. The molecule has 1 rings (SSSR count). The molecule has 0 aromatic heterocycles. The summed E-state index contributed by atoms with van der Waals surface area (Å²) in [5.74, 6) is 0. The predicted octanol–water partition coefficient (Wildman–Crippen LogP) is 2.02. The summed E-state index contributed by atoms with van der Waals surface area (Å²) in [5, 5.41) is 4.01. The van der Waals surface area contributed by atoms with Gasteiger partial charge in [-0.05, 0) is 29.3 Å². The molecule has 0 aliphatic heterocycles. The predicted molar refractivity (Wildman–Crippen MR) is 45.8 cm³/mol. The van der Waals surface area contributed by atoms with Crippen molar-refractivity contribution in [3.05, 3.63) is 29.2 Å². The summed E-state index contributed by atoms with van der Waals surface area (Å²) in [6.07, 6.45) is 0. The van der Waals surface area contributed by atoms with Gasteiger partial charge in [0.15, 0.2) is 0 Å². The van der Waals surface area contributed by atoms with E-state index in [-0.39, 0.29) is 0 Å². The van der Waals surface area contributed by atoms with Gasteiger partial charge in [-0.2, -0.15) is 0 Å². The number of hydrogen-bond acceptors (Lipinski definition) is 2. The number of hydrogen-bond donors (Lipinski definition) is 0. The maximum Gasteiger partial charge on any atom is 0.108 e. The quantitative estimate of drug-likeness (QED) is 0.472. The fourth-order valence-corrected chi connectivity index (χ4v) is 1.27. The molecule has 1 atom stereocenters. The number of rotatable bonds is 2. The van der Waals surface area contributed by atoms with E-state index in [0.29, 0.717) is 5.69 Å². The minimum Gasteiger partial charge on any atom is -0.145 e. The maximum atomic E-state index is 10.0. The molecule has 0 amide bonds. The van der Waals surface area contributed by atoms with Crippen LogP contribution < -0.4 is 5.30 Å². The molecule has 2 nitrogen and oxygen atoms in total. The van der Waals surface area contributed by atoms with Crippen LogP contribution in [0.5, 0.6) is 0 Å². The van der Waals surface area contributed by atoms with Gasteiger partial charge in [0.1, 0.15) is 5.69 Å². The molecule has 52 valence electrons. The minimum absolute atomic E-state index is 0.520. The summed E-state index contributed by atoms with van der Waals surface area (Å²) >= 11 is 0. The third-order valence-electron chi connectivity index (χ3n) is 1.24. The molecule has 0 aliphatic rings. The second kappa shape index (κ2) is 3.43. The lowest BCUT2D eigenvalue weighted by molar-refractivity contribution is 1.51. The van der Waals surface area contributed by atoms with Crippen molar-refractivity contribution in [1.82, 2.24) is 0 Å². The van der Waals surface area contributed by atoms with Gasteiger partial charge in [-0.1, -0.05) is 20.7 Å². The maximum absolute atomic E-state index is 10.0. The molecule has 0 heterocycles. The molecule has 0 bridgehead atoms. The van der Waals surface area contributed by atoms with Gasteiger partial charge in [-0.3, -0.25) is 0 Å². The van der Waals surface area contributed by atoms with Gasteiger partial charge in [0.05, 0.1) is 0 Å². The molecule has 0 fully saturated rings. The highest BCUT2D eigenvalue weighted by atomic mass is 31.1. The first-order valence-corrected chi connectivity index (χ1v) is 4.48. The Kier molecular flexibility index (Phi) is 2.52. The van der Waals surface area contributed by atoms with Crippen LogP contribution in [0.4, 0.5) is 5.69 Å². The van der Waals surface area contributed by atoms with Crippen molar-refractivity contribution in [2.75, 3.05) is 6.66 Å². The average molecular weight is 153 g/mol. The van der Waals surface area contributed by atoms with E-state index < -0.39 is 0 Å². The zero-order valence-corrected chi connectivity index (χ0v) is 6.66. The number of benzene rings is 1. The van der Waals surface area contributed by atoms with Crippen LogP contribution in [0, 0.1) is 4.91 Å². The van der Waals surface area contributed by atoms with Crippen LogP contribution in [-0.2, 0) is 0 Å². The van der Waals surface area contributed by atoms with E-state index in [9.17, 15) is 4.91 Å². The topological polar surface area (TPSA) is 29.4 Å². The third kappa shape index (κ3) is 1.61. The molecular formula is C7H8NOP. The van der Waals surface area contributed by atoms with Crippen LogP contribution in [0.1, 0.15) is 0 Å². The van der Waals surface area contributed by atoms with Crippen LogP contribution in [-0.4, -0.2) is 6.66 Å². The van der Waals surface area contributed by atoms with E-state index in [1.165, 1.54) is 5.30 Å². The summed E-state index contributed by atoms with van der Waals surface area (Å²) < 4.78 is 0. The first-order valence-electron chi connectivity index (χ1n) is 2.98. The van der Waals surface area contributed by atoms with Crippen molar-refractivity contribution in [3.8, 4) is 0 Å². The standard InChI is InChI=1S/C7H8NOP/c1-10-7-4-2-3-6(5-7)8-9/h2-5,10H,1H3. The summed E-state index contributed by atoms with van der Waals surface area (Å²) in [6, 6.07) is 7.36. The van der Waals surface area contributed by atoms with Gasteiger partial charge in [-0.25, -0.2) is 0 Å². The first kappa shape index (κ1) is 7.36. The van der Waals surface area contributed by atoms with Crippen molar-refractivity contribution in [2.45, 2.75) is 0 Å². The van der Waals surface area contributed by atoms with Crippen molar-refractivity contribution < 1.29 is 0 Å². The summed E-state index contributed by atoms with van der Waals surface area (Å²) in [6.45, 7) is 2.07. The Labute approximate surface area is 61.4 Å². The molecule has 0 N–H and O–H groups in total. The molecule has 10 heavy (non-hydrogen) atoms. The van der Waals surface area contributed by atoms with Crippen molar-refractivity contribution >= 4 is 19.6 Å². The second-order valence-electron chi connectivity index (χ2n) is 1.89. The van der Waals surface area contributed by atoms with Gasteiger partial charge in [0, 0.05) is 0 Å². The van der Waals surface area contributed by atoms with E-state index in [1.807, 2.05) is 18.2 Å². The van der Waals surface area contributed by atoms with Crippen LogP contribution in [0.2, 0.25) is 0 Å². The molecule has 1 aromatic carbocycles. The SMILES string of the molecule is CPc1cccc(N=O)c1. The summed E-state index contributed by atoms with van der Waals surface area (Å²) in [7, 11) is 0.731. The summed E-state index contributed by atoms with van der Waals surface area (Å²) in [4.78, 5) is 10.0. The lowest BCUT2D eigenvalue weighted by Gasteiger charge is -1.93. The summed E-state index contributed by atoms with van der Waals surface area (Å²) in [5.41, 5.74) is 0.520. The van der Waals surface area contributed by atoms with E-state index >= 15 is 0 Å². The zero-order valence-electron chi connectivity index (χ0n) is 5.66. The molecule has 0 spiro atoms. The Bertz CT molecular complexity index is 237. The first-order chi connectivity index (χ1) is 4.86. The molecule has 0 saturated carbocycles. The smallest absolute Gasteiger partial charge is 0.108 e. The van der Waals surface area contributed by atoms with Crippen molar-refractivity contribution in [1.29, 1.82) is 0 Å². The molecule has 1 unspecified atom stereocenters. The van der Waals surface area contributed by atoms with Gasteiger partial charge >= 0.3 is 0 Å². The molecule has 1 aromatic rings. The molecule has 0 saturated heterocycles. The molecular weight excluding hydrogens is 145 g/mol. The Morgan fingerprint density at radius 3 is 2.90 bits per heavy atom. The fourth-order valence-electron chi connectivity index (χ4n) is 0.718. The largest absolute Gasteiger partial charge is 0.145 e. The zero-order chi connectivity index (χ0) is 7.40. The Morgan fingerprint density at radius 1 is 1.50 bits per heavy atom. The molecule has 0 radical (unpaired) electrons. The van der Waals surface area contributed by atoms with Gasteiger partial charge in [-0.15, -0.1) is 4.91 Å². The normalized spacial score (nSPS) is 10.5. The highest BCUT2D eigenvalue weighted by Gasteiger charge is 1.90. The highest BCUT2D eigenvalue weighted by Crippen LogP contribution is 2.12. The van der Waals surface area contributed by atoms with E-state index in [1.54, 1.807) is 6.07 Å². The molecule has 3 heteroatoms. The van der Waals surface area contributed by atoms with Crippen LogP contribution in [0.15, 0.2) is 29.4 Å².